The van der Waals surface area contributed by atoms with Crippen LogP contribution in [-0.2, 0) is 9.53 Å². The zero-order valence-electron chi connectivity index (χ0n) is 15.4. The Morgan fingerprint density at radius 2 is 2.00 bits per heavy atom. The summed E-state index contributed by atoms with van der Waals surface area (Å²) in [6, 6.07) is 14.8. The average Bonchev–Trinajstić information content (AvgIpc) is 2.73. The van der Waals surface area contributed by atoms with Crippen molar-refractivity contribution < 1.29 is 14.6 Å². The highest BCUT2D eigenvalue weighted by atomic mass is 16.5. The van der Waals surface area contributed by atoms with Crippen molar-refractivity contribution in [3.05, 3.63) is 61.2 Å². The van der Waals surface area contributed by atoms with Crippen molar-refractivity contribution in [1.29, 1.82) is 5.53 Å². The van der Waals surface area contributed by atoms with Gasteiger partial charge in [0.15, 0.2) is 5.82 Å². The number of rotatable bonds is 7. The molecule has 0 atom stereocenters. The number of pyridine rings is 1. The maximum absolute atomic E-state index is 11.1. The van der Waals surface area contributed by atoms with E-state index in [1.54, 1.807) is 18.2 Å². The van der Waals surface area contributed by atoms with E-state index in [1.165, 1.54) is 0 Å². The van der Waals surface area contributed by atoms with Crippen molar-refractivity contribution >= 4 is 28.4 Å². The monoisotopic (exact) mass is 376 g/mol. The van der Waals surface area contributed by atoms with Crippen LogP contribution in [0.5, 0.6) is 5.75 Å². The van der Waals surface area contributed by atoms with E-state index in [1.807, 2.05) is 42.3 Å². The molecular weight excluding hydrogens is 356 g/mol. The third-order valence-electron chi connectivity index (χ3n) is 4.39. The lowest BCUT2D eigenvalue weighted by Gasteiger charge is -2.19. The molecule has 0 saturated carbocycles. The van der Waals surface area contributed by atoms with Gasteiger partial charge in [-0.25, -0.2) is 15.3 Å². The van der Waals surface area contributed by atoms with E-state index in [0.717, 1.165) is 28.3 Å². The molecule has 0 aliphatic rings. The van der Waals surface area contributed by atoms with Crippen LogP contribution in [-0.4, -0.2) is 36.3 Å². The fourth-order valence-corrected chi connectivity index (χ4v) is 2.87. The van der Waals surface area contributed by atoms with Gasteiger partial charge in [-0.1, -0.05) is 18.7 Å². The number of likely N-dealkylation sites (N-methyl/N-ethyl adjacent to an activating group) is 1. The van der Waals surface area contributed by atoms with E-state index >= 15 is 0 Å². The second-order valence-corrected chi connectivity index (χ2v) is 6.15. The van der Waals surface area contributed by atoms with Gasteiger partial charge in [-0.2, -0.15) is 0 Å². The topological polar surface area (TPSA) is 98.9 Å². The Labute approximate surface area is 162 Å². The number of fused-ring (bicyclic) bond motifs is 1. The van der Waals surface area contributed by atoms with Crippen molar-refractivity contribution in [2.24, 2.45) is 5.11 Å². The number of hydrogen-bond donors (Lipinski definition) is 2. The van der Waals surface area contributed by atoms with Crippen molar-refractivity contribution in [3.8, 4) is 16.9 Å². The minimum atomic E-state index is -0.432. The van der Waals surface area contributed by atoms with Gasteiger partial charge in [0.1, 0.15) is 17.9 Å². The van der Waals surface area contributed by atoms with Crippen molar-refractivity contribution in [2.45, 2.75) is 0 Å². The third kappa shape index (κ3) is 3.98. The van der Waals surface area contributed by atoms with Gasteiger partial charge in [0.2, 0.25) is 0 Å². The van der Waals surface area contributed by atoms with E-state index < -0.39 is 5.97 Å². The van der Waals surface area contributed by atoms with Gasteiger partial charge in [0, 0.05) is 24.2 Å². The molecule has 0 amide bonds. The summed E-state index contributed by atoms with van der Waals surface area (Å²) >= 11 is 0. The number of carbonyl (C=O) groups is 1. The highest BCUT2D eigenvalue weighted by molar-refractivity contribution is 5.98. The molecular formula is C21H20N4O3. The van der Waals surface area contributed by atoms with Crippen LogP contribution in [0.2, 0.25) is 0 Å². The summed E-state index contributed by atoms with van der Waals surface area (Å²) < 4.78 is 5.00. The number of ether oxygens (including phenoxy) is 1. The summed E-state index contributed by atoms with van der Waals surface area (Å²) in [7, 11) is 1.92. The fraction of sp³-hybridized carbons (Fsp3) is 0.143. The van der Waals surface area contributed by atoms with Crippen molar-refractivity contribution in [2.75, 3.05) is 25.1 Å². The van der Waals surface area contributed by atoms with E-state index in [-0.39, 0.29) is 18.2 Å². The van der Waals surface area contributed by atoms with Gasteiger partial charge in [0.25, 0.3) is 0 Å². The minimum absolute atomic E-state index is 0.0506. The van der Waals surface area contributed by atoms with E-state index in [2.05, 4.69) is 16.7 Å². The van der Waals surface area contributed by atoms with Crippen LogP contribution in [0.3, 0.4) is 0 Å². The van der Waals surface area contributed by atoms with Crippen molar-refractivity contribution in [1.82, 2.24) is 4.98 Å². The molecule has 0 spiro atoms. The third-order valence-corrected chi connectivity index (χ3v) is 4.39. The number of carbonyl (C=O) groups excluding carboxylic acids is 1. The summed E-state index contributed by atoms with van der Waals surface area (Å²) in [5, 5.41) is 14.2. The maximum atomic E-state index is 11.1. The Morgan fingerprint density at radius 3 is 2.68 bits per heavy atom. The Kier molecular flexibility index (Phi) is 5.64. The Morgan fingerprint density at radius 1 is 1.25 bits per heavy atom. The molecule has 28 heavy (non-hydrogen) atoms. The van der Waals surface area contributed by atoms with Crippen LogP contribution in [0.4, 0.5) is 11.5 Å². The molecule has 0 bridgehead atoms. The van der Waals surface area contributed by atoms with E-state index in [0.29, 0.717) is 12.1 Å². The molecule has 2 aromatic carbocycles. The first kappa shape index (κ1) is 19.0. The minimum Gasteiger partial charge on any atom is -0.506 e. The standard InChI is InChI=1S/C21H20N4O3/c1-3-20(27)28-13-12-25(2)15-6-4-14(5-7-15)16-8-10-18(26)21-17(16)9-11-19(23-21)24-22/h3-11,22,26H,1,12-13H2,2H3. The molecule has 0 aliphatic heterocycles. The average molecular weight is 376 g/mol. The molecule has 0 saturated heterocycles. The first-order chi connectivity index (χ1) is 13.5. The summed E-state index contributed by atoms with van der Waals surface area (Å²) in [6.07, 6.45) is 1.15. The molecule has 1 aromatic heterocycles. The van der Waals surface area contributed by atoms with Crippen LogP contribution in [0.1, 0.15) is 0 Å². The van der Waals surface area contributed by atoms with Crippen LogP contribution >= 0.6 is 0 Å². The maximum Gasteiger partial charge on any atom is 0.330 e. The molecule has 2 N–H and O–H groups in total. The fourth-order valence-electron chi connectivity index (χ4n) is 2.87. The van der Waals surface area contributed by atoms with Crippen LogP contribution in [0.25, 0.3) is 22.0 Å². The highest BCUT2D eigenvalue weighted by Gasteiger charge is 2.10. The predicted molar refractivity (Wildman–Crippen MR) is 108 cm³/mol. The molecule has 1 heterocycles. The number of aromatic nitrogens is 1. The molecule has 0 fully saturated rings. The lowest BCUT2D eigenvalue weighted by Crippen LogP contribution is -2.23. The summed E-state index contributed by atoms with van der Waals surface area (Å²) in [6.45, 7) is 4.21. The quantitative estimate of drug-likeness (QED) is 0.361. The number of phenols is 1. The first-order valence-electron chi connectivity index (χ1n) is 8.64. The number of phenolic OH excluding ortho intramolecular Hbond substituents is 1. The van der Waals surface area contributed by atoms with Gasteiger partial charge in [-0.15, -0.1) is 5.11 Å². The SMILES string of the molecule is C=CC(=O)OCCN(C)c1ccc(-c2ccc(O)c3nc(N=N)ccc23)cc1. The number of esters is 1. The van der Waals surface area contributed by atoms with Gasteiger partial charge in [0.05, 0.1) is 6.54 Å². The number of hydrogen-bond acceptors (Lipinski definition) is 7. The molecule has 7 heteroatoms. The number of nitrogens with zero attached hydrogens (tertiary/aromatic N) is 3. The normalized spacial score (nSPS) is 10.5. The molecule has 142 valence electrons. The Hall–Kier alpha value is -3.74. The second kappa shape index (κ2) is 8.30. The molecule has 3 aromatic rings. The summed E-state index contributed by atoms with van der Waals surface area (Å²) in [5.41, 5.74) is 10.4. The highest BCUT2D eigenvalue weighted by Crippen LogP contribution is 2.34. The zero-order valence-corrected chi connectivity index (χ0v) is 15.4. The molecule has 3 rings (SSSR count). The van der Waals surface area contributed by atoms with E-state index in [4.69, 9.17) is 10.3 Å². The van der Waals surface area contributed by atoms with Crippen molar-refractivity contribution in [3.63, 3.8) is 0 Å². The van der Waals surface area contributed by atoms with Gasteiger partial charge < -0.3 is 14.7 Å². The first-order valence-corrected chi connectivity index (χ1v) is 8.64. The molecule has 0 radical (unpaired) electrons. The smallest absolute Gasteiger partial charge is 0.330 e. The number of nitrogens with one attached hydrogen (secondary N) is 1. The molecule has 0 aliphatic carbocycles. The molecule has 0 unspecified atom stereocenters. The zero-order chi connectivity index (χ0) is 20.1. The van der Waals surface area contributed by atoms with Crippen LogP contribution in [0, 0.1) is 5.53 Å². The summed E-state index contributed by atoms with van der Waals surface area (Å²) in [4.78, 5) is 17.3. The Bertz CT molecular complexity index is 1030. The number of benzene rings is 2. The Balaban J connectivity index is 1.83. The second-order valence-electron chi connectivity index (χ2n) is 6.15. The van der Waals surface area contributed by atoms with Crippen LogP contribution < -0.4 is 4.90 Å². The largest absolute Gasteiger partial charge is 0.506 e. The number of aromatic hydroxyl groups is 1. The lowest BCUT2D eigenvalue weighted by molar-refractivity contribution is -0.137. The van der Waals surface area contributed by atoms with Gasteiger partial charge >= 0.3 is 5.97 Å². The predicted octanol–water partition coefficient (Wildman–Crippen LogP) is 4.44. The summed E-state index contributed by atoms with van der Waals surface area (Å²) in [5.74, 6) is -0.137. The number of anilines is 1. The van der Waals surface area contributed by atoms with Gasteiger partial charge in [-0.3, -0.25) is 0 Å². The van der Waals surface area contributed by atoms with Crippen LogP contribution in [0.15, 0.2) is 66.3 Å². The van der Waals surface area contributed by atoms with Gasteiger partial charge in [-0.05, 0) is 47.5 Å². The lowest BCUT2D eigenvalue weighted by atomic mass is 9.99. The van der Waals surface area contributed by atoms with E-state index in [9.17, 15) is 9.90 Å². The molecule has 7 nitrogen and oxygen atoms in total.